The van der Waals surface area contributed by atoms with Gasteiger partial charge in [0.1, 0.15) is 5.82 Å². The second-order valence-corrected chi connectivity index (χ2v) is 5.16. The molecule has 0 spiro atoms. The SMILES string of the molecule is CC(=O)c1ccc(N(C)CCC2CCCCO2)nc1. The maximum absolute atomic E-state index is 11.2. The van der Waals surface area contributed by atoms with Crippen LogP contribution in [0.25, 0.3) is 0 Å². The molecule has 1 aliphatic heterocycles. The molecule has 1 unspecified atom stereocenters. The van der Waals surface area contributed by atoms with Gasteiger partial charge in [-0.05, 0) is 44.7 Å². The van der Waals surface area contributed by atoms with Gasteiger partial charge >= 0.3 is 0 Å². The quantitative estimate of drug-likeness (QED) is 0.765. The first-order chi connectivity index (χ1) is 9.16. The van der Waals surface area contributed by atoms with Crippen LogP contribution in [0.5, 0.6) is 0 Å². The van der Waals surface area contributed by atoms with Crippen molar-refractivity contribution in [2.45, 2.75) is 38.7 Å². The minimum absolute atomic E-state index is 0.0531. The zero-order valence-corrected chi connectivity index (χ0v) is 11.8. The van der Waals surface area contributed by atoms with E-state index >= 15 is 0 Å². The molecule has 0 N–H and O–H groups in total. The molecular formula is C15H22N2O2. The molecular weight excluding hydrogens is 240 g/mol. The lowest BCUT2D eigenvalue weighted by Crippen LogP contribution is -2.27. The summed E-state index contributed by atoms with van der Waals surface area (Å²) in [6.07, 6.45) is 6.72. The van der Waals surface area contributed by atoms with Gasteiger partial charge in [-0.3, -0.25) is 4.79 Å². The van der Waals surface area contributed by atoms with Gasteiger partial charge in [-0.25, -0.2) is 4.98 Å². The number of hydrogen-bond donors (Lipinski definition) is 0. The smallest absolute Gasteiger partial charge is 0.161 e. The van der Waals surface area contributed by atoms with Gasteiger partial charge in [0.15, 0.2) is 5.78 Å². The average Bonchev–Trinajstić information content (AvgIpc) is 2.46. The summed E-state index contributed by atoms with van der Waals surface area (Å²) >= 11 is 0. The monoisotopic (exact) mass is 262 g/mol. The summed E-state index contributed by atoms with van der Waals surface area (Å²) in [6, 6.07) is 3.73. The lowest BCUT2D eigenvalue weighted by molar-refractivity contribution is 0.0126. The molecule has 4 nitrogen and oxygen atoms in total. The Labute approximate surface area is 114 Å². The molecule has 0 saturated carbocycles. The van der Waals surface area contributed by atoms with Gasteiger partial charge in [0.05, 0.1) is 6.10 Å². The molecule has 0 aliphatic carbocycles. The highest BCUT2D eigenvalue weighted by atomic mass is 16.5. The van der Waals surface area contributed by atoms with E-state index in [4.69, 9.17) is 4.74 Å². The van der Waals surface area contributed by atoms with Crippen molar-refractivity contribution in [3.8, 4) is 0 Å². The van der Waals surface area contributed by atoms with Crippen molar-refractivity contribution in [1.29, 1.82) is 0 Å². The highest BCUT2D eigenvalue weighted by molar-refractivity contribution is 5.93. The number of ketones is 1. The van der Waals surface area contributed by atoms with Crippen molar-refractivity contribution < 1.29 is 9.53 Å². The van der Waals surface area contributed by atoms with E-state index in [1.165, 1.54) is 19.3 Å². The molecule has 0 aromatic carbocycles. The number of hydrogen-bond acceptors (Lipinski definition) is 4. The molecule has 1 aliphatic rings. The van der Waals surface area contributed by atoms with Gasteiger partial charge in [-0.15, -0.1) is 0 Å². The van der Waals surface area contributed by atoms with Crippen LogP contribution in [-0.4, -0.2) is 37.1 Å². The van der Waals surface area contributed by atoms with Crippen molar-refractivity contribution in [3.05, 3.63) is 23.9 Å². The lowest BCUT2D eigenvalue weighted by Gasteiger charge is -2.25. The van der Waals surface area contributed by atoms with Gasteiger partial charge in [0.25, 0.3) is 0 Å². The zero-order chi connectivity index (χ0) is 13.7. The van der Waals surface area contributed by atoms with Crippen LogP contribution in [0.15, 0.2) is 18.3 Å². The number of ether oxygens (including phenoxy) is 1. The fourth-order valence-corrected chi connectivity index (χ4v) is 2.31. The number of aromatic nitrogens is 1. The van der Waals surface area contributed by atoms with Crippen molar-refractivity contribution in [3.63, 3.8) is 0 Å². The Morgan fingerprint density at radius 2 is 2.32 bits per heavy atom. The Morgan fingerprint density at radius 3 is 2.89 bits per heavy atom. The maximum Gasteiger partial charge on any atom is 0.161 e. The topological polar surface area (TPSA) is 42.4 Å². The van der Waals surface area contributed by atoms with Crippen LogP contribution in [0.3, 0.4) is 0 Å². The Morgan fingerprint density at radius 1 is 1.47 bits per heavy atom. The third-order valence-electron chi connectivity index (χ3n) is 3.61. The summed E-state index contributed by atoms with van der Waals surface area (Å²) in [6.45, 7) is 3.39. The van der Waals surface area contributed by atoms with E-state index in [0.29, 0.717) is 11.7 Å². The number of Topliss-reactive ketones (excluding diaryl/α,β-unsaturated/α-hetero) is 1. The Bertz CT molecular complexity index is 411. The van der Waals surface area contributed by atoms with Gasteiger partial charge < -0.3 is 9.64 Å². The number of carbonyl (C=O) groups excluding carboxylic acids is 1. The van der Waals surface area contributed by atoms with Crippen LogP contribution < -0.4 is 4.90 Å². The van der Waals surface area contributed by atoms with Crippen LogP contribution >= 0.6 is 0 Å². The minimum Gasteiger partial charge on any atom is -0.378 e. The summed E-state index contributed by atoms with van der Waals surface area (Å²) in [4.78, 5) is 17.6. The van der Waals surface area contributed by atoms with Crippen LogP contribution in [0, 0.1) is 0 Å². The fourth-order valence-electron chi connectivity index (χ4n) is 2.31. The summed E-state index contributed by atoms with van der Waals surface area (Å²) in [5.74, 6) is 0.957. The number of pyridine rings is 1. The van der Waals surface area contributed by atoms with Gasteiger partial charge in [0.2, 0.25) is 0 Å². The van der Waals surface area contributed by atoms with Crippen LogP contribution in [-0.2, 0) is 4.74 Å². The van der Waals surface area contributed by atoms with Crippen molar-refractivity contribution in [1.82, 2.24) is 4.98 Å². The normalized spacial score (nSPS) is 19.2. The molecule has 1 aromatic rings. The third kappa shape index (κ3) is 4.03. The molecule has 1 fully saturated rings. The standard InChI is InChI=1S/C15H22N2O2/c1-12(18)13-6-7-15(16-11-13)17(2)9-8-14-5-3-4-10-19-14/h6-7,11,14H,3-5,8-10H2,1-2H3. The molecule has 1 atom stereocenters. The molecule has 2 heterocycles. The number of anilines is 1. The number of nitrogens with zero attached hydrogens (tertiary/aromatic N) is 2. The van der Waals surface area contributed by atoms with Gasteiger partial charge in [-0.1, -0.05) is 0 Å². The molecule has 0 radical (unpaired) electrons. The van der Waals surface area contributed by atoms with Crippen molar-refractivity contribution in [2.24, 2.45) is 0 Å². The van der Waals surface area contributed by atoms with E-state index < -0.39 is 0 Å². The van der Waals surface area contributed by atoms with Gasteiger partial charge in [-0.2, -0.15) is 0 Å². The van der Waals surface area contributed by atoms with Gasteiger partial charge in [0, 0.05) is 32.0 Å². The zero-order valence-electron chi connectivity index (χ0n) is 11.8. The maximum atomic E-state index is 11.2. The minimum atomic E-state index is 0.0531. The fraction of sp³-hybridized carbons (Fsp3) is 0.600. The first-order valence-electron chi connectivity index (χ1n) is 6.96. The van der Waals surface area contributed by atoms with Crippen molar-refractivity contribution >= 4 is 11.6 Å². The second kappa shape index (κ2) is 6.66. The second-order valence-electron chi connectivity index (χ2n) is 5.16. The molecule has 0 bridgehead atoms. The molecule has 104 valence electrons. The highest BCUT2D eigenvalue weighted by Crippen LogP contribution is 2.17. The molecule has 1 aromatic heterocycles. The Kier molecular flexibility index (Phi) is 4.91. The third-order valence-corrected chi connectivity index (χ3v) is 3.61. The summed E-state index contributed by atoms with van der Waals surface area (Å²) in [7, 11) is 2.03. The van der Waals surface area contributed by atoms with E-state index in [2.05, 4.69) is 9.88 Å². The van der Waals surface area contributed by atoms with E-state index in [1.807, 2.05) is 19.2 Å². The number of rotatable bonds is 5. The van der Waals surface area contributed by atoms with E-state index in [-0.39, 0.29) is 5.78 Å². The van der Waals surface area contributed by atoms with Crippen LogP contribution in [0.1, 0.15) is 43.0 Å². The number of carbonyl (C=O) groups is 1. The molecule has 2 rings (SSSR count). The molecule has 1 saturated heterocycles. The predicted octanol–water partition coefficient (Wildman–Crippen LogP) is 2.68. The van der Waals surface area contributed by atoms with E-state index in [1.54, 1.807) is 13.1 Å². The molecule has 0 amide bonds. The van der Waals surface area contributed by atoms with E-state index in [0.717, 1.165) is 25.4 Å². The average molecular weight is 262 g/mol. The molecule has 4 heteroatoms. The van der Waals surface area contributed by atoms with Crippen LogP contribution in [0.4, 0.5) is 5.82 Å². The van der Waals surface area contributed by atoms with Crippen molar-refractivity contribution in [2.75, 3.05) is 25.1 Å². The first-order valence-corrected chi connectivity index (χ1v) is 6.96. The van der Waals surface area contributed by atoms with E-state index in [9.17, 15) is 4.79 Å². The summed E-state index contributed by atoms with van der Waals surface area (Å²) in [5, 5.41) is 0. The predicted molar refractivity (Wildman–Crippen MR) is 75.7 cm³/mol. The Balaban J connectivity index is 1.84. The highest BCUT2D eigenvalue weighted by Gasteiger charge is 2.14. The lowest BCUT2D eigenvalue weighted by atomic mass is 10.1. The largest absolute Gasteiger partial charge is 0.378 e. The Hall–Kier alpha value is -1.42. The summed E-state index contributed by atoms with van der Waals surface area (Å²) in [5.41, 5.74) is 0.660. The first kappa shape index (κ1) is 14.0. The van der Waals surface area contributed by atoms with Crippen LogP contribution in [0.2, 0.25) is 0 Å². The molecule has 19 heavy (non-hydrogen) atoms. The summed E-state index contributed by atoms with van der Waals surface area (Å²) < 4.78 is 5.72.